The third-order valence-corrected chi connectivity index (χ3v) is 2.51. The van der Waals surface area contributed by atoms with Gasteiger partial charge < -0.3 is 9.47 Å². The molecule has 0 N–H and O–H groups in total. The summed E-state index contributed by atoms with van der Waals surface area (Å²) in [6.07, 6.45) is 1.47. The molecule has 1 aliphatic heterocycles. The second-order valence-electron chi connectivity index (χ2n) is 4.45. The van der Waals surface area contributed by atoms with E-state index in [1.165, 1.54) is 0 Å². The number of hydrogen-bond acceptors (Lipinski definition) is 3. The number of hydrogen-bond donors (Lipinski definition) is 0. The number of carbonyl (C=O) groups excluding carboxylic acids is 1. The molecule has 0 aromatic rings. The second-order valence-corrected chi connectivity index (χ2v) is 4.45. The highest BCUT2D eigenvalue weighted by molar-refractivity contribution is 5.97. The Morgan fingerprint density at radius 1 is 1.31 bits per heavy atom. The molecular formula is C10H14O3. The van der Waals surface area contributed by atoms with Gasteiger partial charge in [0.15, 0.2) is 12.6 Å². The Kier molecular flexibility index (Phi) is 1.91. The van der Waals surface area contributed by atoms with Crippen LogP contribution in [0.4, 0.5) is 0 Å². The maximum Gasteiger partial charge on any atom is 0.188 e. The van der Waals surface area contributed by atoms with E-state index in [4.69, 9.17) is 9.47 Å². The van der Waals surface area contributed by atoms with Gasteiger partial charge in [-0.3, -0.25) is 4.79 Å². The van der Waals surface area contributed by atoms with Crippen LogP contribution in [0.15, 0.2) is 11.3 Å². The van der Waals surface area contributed by atoms with E-state index >= 15 is 0 Å². The van der Waals surface area contributed by atoms with Crippen molar-refractivity contribution in [1.29, 1.82) is 0 Å². The van der Waals surface area contributed by atoms with Crippen LogP contribution in [0, 0.1) is 5.41 Å². The molecule has 0 fully saturated rings. The number of Topliss-reactive ketones (excluding diaryl/α,β-unsaturated/α-hetero) is 1. The molecule has 0 spiro atoms. The van der Waals surface area contributed by atoms with Crippen molar-refractivity contribution in [3.05, 3.63) is 11.3 Å². The lowest BCUT2D eigenvalue weighted by Crippen LogP contribution is -2.31. The molecule has 0 aromatic carbocycles. The van der Waals surface area contributed by atoms with Crippen LogP contribution in [0.25, 0.3) is 0 Å². The number of carbonyl (C=O) groups is 1. The molecule has 0 amide bonds. The van der Waals surface area contributed by atoms with E-state index in [1.54, 1.807) is 0 Å². The minimum absolute atomic E-state index is 0.0489. The first kappa shape index (κ1) is 8.75. The van der Waals surface area contributed by atoms with Gasteiger partial charge in [-0.25, -0.2) is 0 Å². The highest BCUT2D eigenvalue weighted by atomic mass is 16.7. The summed E-state index contributed by atoms with van der Waals surface area (Å²) in [5.41, 5.74) is 0.804. The fourth-order valence-electron chi connectivity index (χ4n) is 1.86. The van der Waals surface area contributed by atoms with E-state index in [9.17, 15) is 4.79 Å². The van der Waals surface area contributed by atoms with Crippen LogP contribution in [0.5, 0.6) is 0 Å². The number of allylic oxidation sites excluding steroid dienone is 1. The van der Waals surface area contributed by atoms with Gasteiger partial charge >= 0.3 is 0 Å². The summed E-state index contributed by atoms with van der Waals surface area (Å²) in [4.78, 5) is 11.6. The van der Waals surface area contributed by atoms with Crippen LogP contribution >= 0.6 is 0 Å². The first-order chi connectivity index (χ1) is 6.08. The van der Waals surface area contributed by atoms with Crippen molar-refractivity contribution in [2.24, 2.45) is 5.41 Å². The largest absolute Gasteiger partial charge is 0.471 e. The van der Waals surface area contributed by atoms with Crippen molar-refractivity contribution in [2.75, 3.05) is 13.4 Å². The maximum atomic E-state index is 11.6. The Hall–Kier alpha value is -0.830. The molecule has 3 nitrogen and oxygen atoms in total. The van der Waals surface area contributed by atoms with Gasteiger partial charge in [-0.1, -0.05) is 13.8 Å². The summed E-state index contributed by atoms with van der Waals surface area (Å²) >= 11 is 0. The van der Waals surface area contributed by atoms with Gasteiger partial charge in [-0.15, -0.1) is 0 Å². The Labute approximate surface area is 77.7 Å². The summed E-state index contributed by atoms with van der Waals surface area (Å²) < 4.78 is 10.4. The third-order valence-electron chi connectivity index (χ3n) is 2.51. The molecule has 13 heavy (non-hydrogen) atoms. The molecule has 0 aromatic heterocycles. The molecule has 0 saturated carbocycles. The molecule has 72 valence electrons. The number of rotatable bonds is 0. The molecule has 3 heteroatoms. The smallest absolute Gasteiger partial charge is 0.188 e. The van der Waals surface area contributed by atoms with E-state index in [2.05, 4.69) is 13.8 Å². The Morgan fingerprint density at radius 3 is 2.85 bits per heavy atom. The Bertz CT molecular complexity index is 276. The van der Waals surface area contributed by atoms with Gasteiger partial charge in [0.25, 0.3) is 0 Å². The highest BCUT2D eigenvalue weighted by Gasteiger charge is 2.35. The SMILES string of the molecule is CC1(C)CC(=O)C2=C(C1)OCOC2. The van der Waals surface area contributed by atoms with Crippen molar-refractivity contribution in [2.45, 2.75) is 26.7 Å². The zero-order valence-electron chi connectivity index (χ0n) is 8.05. The fourth-order valence-corrected chi connectivity index (χ4v) is 1.86. The lowest BCUT2D eigenvalue weighted by atomic mass is 9.76. The maximum absolute atomic E-state index is 11.6. The van der Waals surface area contributed by atoms with E-state index in [0.717, 1.165) is 17.8 Å². The van der Waals surface area contributed by atoms with Crippen LogP contribution < -0.4 is 0 Å². The predicted molar refractivity (Wildman–Crippen MR) is 47.0 cm³/mol. The summed E-state index contributed by atoms with van der Waals surface area (Å²) in [6, 6.07) is 0. The lowest BCUT2D eigenvalue weighted by molar-refractivity contribution is -0.123. The van der Waals surface area contributed by atoms with Crippen LogP contribution in [-0.4, -0.2) is 19.2 Å². The van der Waals surface area contributed by atoms with Gasteiger partial charge in [-0.2, -0.15) is 0 Å². The van der Waals surface area contributed by atoms with Crippen molar-refractivity contribution in [3.8, 4) is 0 Å². The van der Waals surface area contributed by atoms with Gasteiger partial charge in [0, 0.05) is 12.8 Å². The molecule has 0 atom stereocenters. The van der Waals surface area contributed by atoms with Crippen molar-refractivity contribution in [3.63, 3.8) is 0 Å². The van der Waals surface area contributed by atoms with E-state index < -0.39 is 0 Å². The molecule has 0 radical (unpaired) electrons. The average molecular weight is 182 g/mol. The van der Waals surface area contributed by atoms with Gasteiger partial charge in [0.2, 0.25) is 0 Å². The molecule has 0 bridgehead atoms. The number of ketones is 1. The van der Waals surface area contributed by atoms with E-state index in [1.807, 2.05) is 0 Å². The van der Waals surface area contributed by atoms with E-state index in [-0.39, 0.29) is 11.2 Å². The molecule has 2 aliphatic rings. The van der Waals surface area contributed by atoms with E-state index in [0.29, 0.717) is 19.8 Å². The Morgan fingerprint density at radius 2 is 2.08 bits per heavy atom. The van der Waals surface area contributed by atoms with Crippen LogP contribution in [0.3, 0.4) is 0 Å². The number of ether oxygens (including phenoxy) is 2. The average Bonchev–Trinajstić information content (AvgIpc) is 2.02. The zero-order valence-corrected chi connectivity index (χ0v) is 8.05. The van der Waals surface area contributed by atoms with Crippen molar-refractivity contribution in [1.82, 2.24) is 0 Å². The van der Waals surface area contributed by atoms with Gasteiger partial charge in [0.1, 0.15) is 5.76 Å². The summed E-state index contributed by atoms with van der Waals surface area (Å²) in [5, 5.41) is 0. The fraction of sp³-hybridized carbons (Fsp3) is 0.700. The monoisotopic (exact) mass is 182 g/mol. The normalized spacial score (nSPS) is 26.8. The molecule has 1 aliphatic carbocycles. The van der Waals surface area contributed by atoms with Crippen molar-refractivity contribution < 1.29 is 14.3 Å². The highest BCUT2D eigenvalue weighted by Crippen LogP contribution is 2.38. The second kappa shape index (κ2) is 2.84. The predicted octanol–water partition coefficient (Wildman–Crippen LogP) is 1.63. The first-order valence-electron chi connectivity index (χ1n) is 4.54. The van der Waals surface area contributed by atoms with Gasteiger partial charge in [-0.05, 0) is 5.41 Å². The minimum Gasteiger partial charge on any atom is -0.471 e. The molecule has 1 heterocycles. The van der Waals surface area contributed by atoms with Crippen molar-refractivity contribution >= 4 is 5.78 Å². The van der Waals surface area contributed by atoms with Crippen LogP contribution in [0.1, 0.15) is 26.7 Å². The Balaban J connectivity index is 2.30. The minimum atomic E-state index is 0.0489. The topological polar surface area (TPSA) is 35.5 Å². The summed E-state index contributed by atoms with van der Waals surface area (Å²) in [6.45, 7) is 4.91. The molecular weight excluding hydrogens is 168 g/mol. The molecule has 0 unspecified atom stereocenters. The van der Waals surface area contributed by atoms with Crippen LogP contribution in [-0.2, 0) is 14.3 Å². The summed E-state index contributed by atoms with van der Waals surface area (Å²) in [5.74, 6) is 1.04. The third kappa shape index (κ3) is 1.61. The first-order valence-corrected chi connectivity index (χ1v) is 4.54. The van der Waals surface area contributed by atoms with Gasteiger partial charge in [0.05, 0.1) is 12.2 Å². The zero-order chi connectivity index (χ0) is 9.47. The van der Waals surface area contributed by atoms with Crippen LogP contribution in [0.2, 0.25) is 0 Å². The summed E-state index contributed by atoms with van der Waals surface area (Å²) in [7, 11) is 0. The lowest BCUT2D eigenvalue weighted by Gasteiger charge is -2.33. The quantitative estimate of drug-likeness (QED) is 0.571. The molecule has 0 saturated heterocycles. The molecule has 2 rings (SSSR count). The standard InChI is InChI=1S/C10H14O3/c1-10(2)3-8(11)7-5-12-6-13-9(7)4-10/h3-6H2,1-2H3.